The topological polar surface area (TPSA) is 98.5 Å². The molecule has 1 heterocycles. The molecule has 1 aromatic carbocycles. The SMILES string of the molecule is Cc1cc(S(N)(=O)=O)cc(NC(=O)C2CCCCO2)c1C. The summed E-state index contributed by atoms with van der Waals surface area (Å²) < 4.78 is 28.4. The van der Waals surface area contributed by atoms with Crippen molar-refractivity contribution in [1.29, 1.82) is 0 Å². The van der Waals surface area contributed by atoms with Gasteiger partial charge in [0.1, 0.15) is 6.10 Å². The summed E-state index contributed by atoms with van der Waals surface area (Å²) in [6.07, 6.45) is 2.12. The van der Waals surface area contributed by atoms with Crippen molar-refractivity contribution in [2.75, 3.05) is 11.9 Å². The van der Waals surface area contributed by atoms with E-state index in [-0.39, 0.29) is 10.8 Å². The molecule has 1 aliphatic heterocycles. The molecule has 1 aliphatic rings. The van der Waals surface area contributed by atoms with Crippen molar-refractivity contribution in [2.45, 2.75) is 44.1 Å². The number of nitrogens with one attached hydrogen (secondary N) is 1. The highest BCUT2D eigenvalue weighted by molar-refractivity contribution is 7.89. The number of carbonyl (C=O) groups is 1. The summed E-state index contributed by atoms with van der Waals surface area (Å²) in [5, 5.41) is 7.90. The Labute approximate surface area is 124 Å². The zero-order valence-corrected chi connectivity index (χ0v) is 13.0. The molecule has 1 atom stereocenters. The van der Waals surface area contributed by atoms with Crippen LogP contribution in [0.25, 0.3) is 0 Å². The molecule has 3 N–H and O–H groups in total. The van der Waals surface area contributed by atoms with Crippen LogP contribution in [0.15, 0.2) is 17.0 Å². The van der Waals surface area contributed by atoms with Crippen LogP contribution >= 0.6 is 0 Å². The van der Waals surface area contributed by atoms with Gasteiger partial charge in [-0.05, 0) is 56.4 Å². The number of sulfonamides is 1. The van der Waals surface area contributed by atoms with Gasteiger partial charge in [0.2, 0.25) is 10.0 Å². The Hall–Kier alpha value is -1.44. The van der Waals surface area contributed by atoms with Gasteiger partial charge in [-0.2, -0.15) is 0 Å². The van der Waals surface area contributed by atoms with Crippen LogP contribution in [-0.4, -0.2) is 27.0 Å². The third-order valence-electron chi connectivity index (χ3n) is 3.70. The summed E-state index contributed by atoms with van der Waals surface area (Å²) in [7, 11) is -3.81. The smallest absolute Gasteiger partial charge is 0.253 e. The molecule has 0 bridgehead atoms. The minimum atomic E-state index is -3.81. The molecule has 0 spiro atoms. The zero-order valence-electron chi connectivity index (χ0n) is 12.2. The van der Waals surface area contributed by atoms with Crippen molar-refractivity contribution in [3.05, 3.63) is 23.3 Å². The molecular formula is C14H20N2O4S. The van der Waals surface area contributed by atoms with E-state index in [1.54, 1.807) is 6.92 Å². The van der Waals surface area contributed by atoms with Crippen LogP contribution in [0.2, 0.25) is 0 Å². The van der Waals surface area contributed by atoms with Crippen LogP contribution in [0.5, 0.6) is 0 Å². The first-order chi connectivity index (χ1) is 9.79. The highest BCUT2D eigenvalue weighted by atomic mass is 32.2. The number of benzene rings is 1. The number of nitrogens with two attached hydrogens (primary N) is 1. The van der Waals surface area contributed by atoms with E-state index in [4.69, 9.17) is 9.88 Å². The Morgan fingerprint density at radius 1 is 1.33 bits per heavy atom. The Kier molecular flexibility index (Phi) is 4.65. The van der Waals surface area contributed by atoms with Crippen LogP contribution < -0.4 is 10.5 Å². The number of hydrogen-bond acceptors (Lipinski definition) is 4. The Balaban J connectivity index is 2.26. The number of hydrogen-bond donors (Lipinski definition) is 2. The molecule has 0 aliphatic carbocycles. The second kappa shape index (κ2) is 6.13. The first kappa shape index (κ1) is 15.9. The van der Waals surface area contributed by atoms with Gasteiger partial charge in [-0.1, -0.05) is 0 Å². The van der Waals surface area contributed by atoms with Crippen LogP contribution in [0, 0.1) is 13.8 Å². The largest absolute Gasteiger partial charge is 0.368 e. The van der Waals surface area contributed by atoms with E-state index in [0.29, 0.717) is 18.7 Å². The zero-order chi connectivity index (χ0) is 15.6. The predicted octanol–water partition coefficient (Wildman–Crippen LogP) is 1.46. The number of amides is 1. The molecule has 1 fully saturated rings. The third-order valence-corrected chi connectivity index (χ3v) is 4.59. The summed E-state index contributed by atoms with van der Waals surface area (Å²) in [4.78, 5) is 12.2. The Bertz CT molecular complexity index is 649. The fourth-order valence-electron chi connectivity index (χ4n) is 2.28. The minimum absolute atomic E-state index is 0.00883. The fourth-order valence-corrected chi connectivity index (χ4v) is 2.90. The second-order valence-electron chi connectivity index (χ2n) is 5.30. The summed E-state index contributed by atoms with van der Waals surface area (Å²) in [5.41, 5.74) is 2.02. The molecule has 1 aromatic rings. The van der Waals surface area contributed by atoms with Gasteiger partial charge in [0.25, 0.3) is 5.91 Å². The lowest BCUT2D eigenvalue weighted by atomic mass is 10.1. The van der Waals surface area contributed by atoms with Crippen LogP contribution in [0.1, 0.15) is 30.4 Å². The molecular weight excluding hydrogens is 292 g/mol. The summed E-state index contributed by atoms with van der Waals surface area (Å²) in [6, 6.07) is 2.88. The van der Waals surface area contributed by atoms with Gasteiger partial charge >= 0.3 is 0 Å². The predicted molar refractivity (Wildman–Crippen MR) is 79.5 cm³/mol. The molecule has 7 heteroatoms. The van der Waals surface area contributed by atoms with Gasteiger partial charge in [0.05, 0.1) is 4.90 Å². The molecule has 0 aromatic heterocycles. The van der Waals surface area contributed by atoms with Gasteiger partial charge in [-0.15, -0.1) is 0 Å². The monoisotopic (exact) mass is 312 g/mol. The Morgan fingerprint density at radius 2 is 2.05 bits per heavy atom. The summed E-state index contributed by atoms with van der Waals surface area (Å²) in [6.45, 7) is 4.17. The van der Waals surface area contributed by atoms with Crippen molar-refractivity contribution in [3.8, 4) is 0 Å². The number of primary sulfonamides is 1. The summed E-state index contributed by atoms with van der Waals surface area (Å²) >= 11 is 0. The van der Waals surface area contributed by atoms with Gasteiger partial charge in [0, 0.05) is 12.3 Å². The van der Waals surface area contributed by atoms with E-state index in [0.717, 1.165) is 24.0 Å². The molecule has 6 nitrogen and oxygen atoms in total. The lowest BCUT2D eigenvalue weighted by Crippen LogP contribution is -2.33. The first-order valence-corrected chi connectivity index (χ1v) is 8.40. The van der Waals surface area contributed by atoms with E-state index < -0.39 is 16.1 Å². The van der Waals surface area contributed by atoms with Crippen LogP contribution in [0.3, 0.4) is 0 Å². The molecule has 1 saturated heterocycles. The first-order valence-electron chi connectivity index (χ1n) is 6.85. The lowest BCUT2D eigenvalue weighted by Gasteiger charge is -2.22. The summed E-state index contributed by atoms with van der Waals surface area (Å²) in [5.74, 6) is -0.247. The number of anilines is 1. The van der Waals surface area contributed by atoms with Crippen LogP contribution in [0.4, 0.5) is 5.69 Å². The van der Waals surface area contributed by atoms with Crippen LogP contribution in [-0.2, 0) is 19.6 Å². The van der Waals surface area contributed by atoms with Crippen molar-refractivity contribution in [2.24, 2.45) is 5.14 Å². The number of carbonyl (C=O) groups excluding carboxylic acids is 1. The number of ether oxygens (including phenoxy) is 1. The van der Waals surface area contributed by atoms with Crippen molar-refractivity contribution < 1.29 is 17.9 Å². The number of rotatable bonds is 3. The molecule has 1 unspecified atom stereocenters. The van der Waals surface area contributed by atoms with E-state index >= 15 is 0 Å². The van der Waals surface area contributed by atoms with Crippen molar-refractivity contribution in [1.82, 2.24) is 0 Å². The number of aryl methyl sites for hydroxylation is 1. The minimum Gasteiger partial charge on any atom is -0.368 e. The normalized spacial score (nSPS) is 19.3. The Morgan fingerprint density at radius 3 is 2.62 bits per heavy atom. The lowest BCUT2D eigenvalue weighted by molar-refractivity contribution is -0.129. The molecule has 2 rings (SSSR count). The molecule has 0 radical (unpaired) electrons. The molecule has 116 valence electrons. The van der Waals surface area contributed by atoms with E-state index in [9.17, 15) is 13.2 Å². The molecule has 1 amide bonds. The highest BCUT2D eigenvalue weighted by Gasteiger charge is 2.23. The quantitative estimate of drug-likeness (QED) is 0.882. The van der Waals surface area contributed by atoms with E-state index in [2.05, 4.69) is 5.32 Å². The maximum absolute atomic E-state index is 12.2. The van der Waals surface area contributed by atoms with Gasteiger partial charge in [-0.3, -0.25) is 4.79 Å². The highest BCUT2D eigenvalue weighted by Crippen LogP contribution is 2.24. The standard InChI is InChI=1S/C14H20N2O4S/c1-9-7-11(21(15,18)19)8-12(10(9)2)16-14(17)13-5-3-4-6-20-13/h7-8,13H,3-6H2,1-2H3,(H,16,17)(H2,15,18,19). The average Bonchev–Trinajstić information content (AvgIpc) is 2.43. The average molecular weight is 312 g/mol. The maximum atomic E-state index is 12.2. The second-order valence-corrected chi connectivity index (χ2v) is 6.86. The van der Waals surface area contributed by atoms with Gasteiger partial charge < -0.3 is 10.1 Å². The molecule has 0 saturated carbocycles. The van der Waals surface area contributed by atoms with E-state index in [1.807, 2.05) is 6.92 Å². The van der Waals surface area contributed by atoms with Crippen molar-refractivity contribution >= 4 is 21.6 Å². The third kappa shape index (κ3) is 3.81. The maximum Gasteiger partial charge on any atom is 0.253 e. The van der Waals surface area contributed by atoms with Gasteiger partial charge in [-0.25, -0.2) is 13.6 Å². The van der Waals surface area contributed by atoms with E-state index in [1.165, 1.54) is 12.1 Å². The fraction of sp³-hybridized carbons (Fsp3) is 0.500. The molecule has 21 heavy (non-hydrogen) atoms. The van der Waals surface area contributed by atoms with Crippen molar-refractivity contribution in [3.63, 3.8) is 0 Å². The van der Waals surface area contributed by atoms with Gasteiger partial charge in [0.15, 0.2) is 0 Å².